The van der Waals surface area contributed by atoms with E-state index in [1.807, 2.05) is 17.5 Å². The van der Waals surface area contributed by atoms with Crippen LogP contribution in [0.1, 0.15) is 63.8 Å². The lowest BCUT2D eigenvalue weighted by Gasteiger charge is -2.32. The fourth-order valence-electron chi connectivity index (χ4n) is 2.71. The van der Waals surface area contributed by atoms with Crippen molar-refractivity contribution in [2.24, 2.45) is 11.8 Å². The Balaban J connectivity index is 1.84. The molecule has 0 saturated heterocycles. The quantitative estimate of drug-likeness (QED) is 0.890. The van der Waals surface area contributed by atoms with Crippen LogP contribution in [0.15, 0.2) is 6.20 Å². The smallest absolute Gasteiger partial charge is 0.0981 e. The van der Waals surface area contributed by atoms with E-state index < -0.39 is 0 Å². The van der Waals surface area contributed by atoms with Crippen molar-refractivity contribution in [1.29, 1.82) is 0 Å². The zero-order chi connectivity index (χ0) is 14.0. The van der Waals surface area contributed by atoms with Crippen LogP contribution in [0.2, 0.25) is 0 Å². The first-order valence-corrected chi connectivity index (χ1v) is 8.36. The maximum absolute atomic E-state index is 4.56. The van der Waals surface area contributed by atoms with Crippen molar-refractivity contribution >= 4 is 11.3 Å². The minimum Gasteiger partial charge on any atom is -0.309 e. The second-order valence-electron chi connectivity index (χ2n) is 7.23. The van der Waals surface area contributed by atoms with Crippen LogP contribution in [-0.4, -0.2) is 11.0 Å². The predicted molar refractivity (Wildman–Crippen MR) is 83.6 cm³/mol. The Morgan fingerprint density at radius 2 is 2.00 bits per heavy atom. The molecule has 1 aromatic heterocycles. The standard InChI is InChI=1S/C16H28N2S/c1-11-6-7-13(8-12(11)2)17-9-14-10-18-15(19-14)16(3,4)5/h10-13,17H,6-9H2,1-5H3. The lowest BCUT2D eigenvalue weighted by Crippen LogP contribution is -2.35. The van der Waals surface area contributed by atoms with Gasteiger partial charge in [-0.05, 0) is 31.1 Å². The van der Waals surface area contributed by atoms with Gasteiger partial charge in [0.1, 0.15) is 0 Å². The van der Waals surface area contributed by atoms with Crippen molar-refractivity contribution in [3.8, 4) is 0 Å². The summed E-state index contributed by atoms with van der Waals surface area (Å²) >= 11 is 1.86. The van der Waals surface area contributed by atoms with Gasteiger partial charge in [0.15, 0.2) is 0 Å². The summed E-state index contributed by atoms with van der Waals surface area (Å²) in [5.41, 5.74) is 0.178. The van der Waals surface area contributed by atoms with Gasteiger partial charge in [0.2, 0.25) is 0 Å². The molecule has 0 bridgehead atoms. The summed E-state index contributed by atoms with van der Waals surface area (Å²) in [6, 6.07) is 0.700. The summed E-state index contributed by atoms with van der Waals surface area (Å²) in [7, 11) is 0. The summed E-state index contributed by atoms with van der Waals surface area (Å²) in [4.78, 5) is 5.93. The molecule has 0 aliphatic heterocycles. The normalized spacial score (nSPS) is 28.6. The zero-order valence-electron chi connectivity index (χ0n) is 13.0. The molecule has 1 aliphatic carbocycles. The van der Waals surface area contributed by atoms with Crippen LogP contribution >= 0.6 is 11.3 Å². The van der Waals surface area contributed by atoms with Gasteiger partial charge < -0.3 is 5.32 Å². The SMILES string of the molecule is CC1CCC(NCc2cnc(C(C)(C)C)s2)CC1C. The molecule has 1 aromatic rings. The van der Waals surface area contributed by atoms with Gasteiger partial charge in [0.05, 0.1) is 5.01 Å². The van der Waals surface area contributed by atoms with Crippen LogP contribution in [0.4, 0.5) is 0 Å². The molecular weight excluding hydrogens is 252 g/mol. The number of rotatable bonds is 3. The van der Waals surface area contributed by atoms with E-state index in [4.69, 9.17) is 0 Å². The van der Waals surface area contributed by atoms with Gasteiger partial charge in [-0.25, -0.2) is 4.98 Å². The molecule has 2 rings (SSSR count). The molecule has 0 aromatic carbocycles. The maximum atomic E-state index is 4.56. The maximum Gasteiger partial charge on any atom is 0.0981 e. The monoisotopic (exact) mass is 280 g/mol. The van der Waals surface area contributed by atoms with Gasteiger partial charge in [-0.3, -0.25) is 0 Å². The van der Waals surface area contributed by atoms with E-state index in [-0.39, 0.29) is 5.41 Å². The summed E-state index contributed by atoms with van der Waals surface area (Å²) in [6.07, 6.45) is 6.07. The fourth-order valence-corrected chi connectivity index (χ4v) is 3.63. The van der Waals surface area contributed by atoms with Crippen molar-refractivity contribution in [3.63, 3.8) is 0 Å². The van der Waals surface area contributed by atoms with Crippen molar-refractivity contribution in [3.05, 3.63) is 16.1 Å². The highest BCUT2D eigenvalue weighted by Crippen LogP contribution is 2.30. The first-order valence-electron chi connectivity index (χ1n) is 7.55. The highest BCUT2D eigenvalue weighted by molar-refractivity contribution is 7.11. The number of aromatic nitrogens is 1. The minimum atomic E-state index is 0.178. The van der Waals surface area contributed by atoms with Gasteiger partial charge in [-0.15, -0.1) is 11.3 Å². The Morgan fingerprint density at radius 1 is 1.26 bits per heavy atom. The molecule has 1 N–H and O–H groups in total. The highest BCUT2D eigenvalue weighted by Gasteiger charge is 2.24. The Labute approximate surface area is 122 Å². The van der Waals surface area contributed by atoms with Gasteiger partial charge in [0, 0.05) is 29.1 Å². The van der Waals surface area contributed by atoms with E-state index >= 15 is 0 Å². The van der Waals surface area contributed by atoms with E-state index in [9.17, 15) is 0 Å². The van der Waals surface area contributed by atoms with Crippen LogP contribution < -0.4 is 5.32 Å². The predicted octanol–water partition coefficient (Wildman–Crippen LogP) is 4.35. The molecule has 0 radical (unpaired) electrons. The van der Waals surface area contributed by atoms with Gasteiger partial charge >= 0.3 is 0 Å². The lowest BCUT2D eigenvalue weighted by molar-refractivity contribution is 0.226. The molecule has 1 aliphatic rings. The number of hydrogen-bond acceptors (Lipinski definition) is 3. The molecule has 0 spiro atoms. The molecule has 19 heavy (non-hydrogen) atoms. The minimum absolute atomic E-state index is 0.178. The van der Waals surface area contributed by atoms with E-state index in [0.29, 0.717) is 6.04 Å². The first-order chi connectivity index (χ1) is 8.86. The van der Waals surface area contributed by atoms with Crippen molar-refractivity contribution < 1.29 is 0 Å². The fraction of sp³-hybridized carbons (Fsp3) is 0.812. The molecular formula is C16H28N2S. The second kappa shape index (κ2) is 5.92. The number of nitrogens with zero attached hydrogens (tertiary/aromatic N) is 1. The average molecular weight is 280 g/mol. The number of hydrogen-bond donors (Lipinski definition) is 1. The Hall–Kier alpha value is -0.410. The van der Waals surface area contributed by atoms with E-state index in [1.54, 1.807) is 0 Å². The highest BCUT2D eigenvalue weighted by atomic mass is 32.1. The number of nitrogens with one attached hydrogen (secondary N) is 1. The Morgan fingerprint density at radius 3 is 2.58 bits per heavy atom. The van der Waals surface area contributed by atoms with Crippen molar-refractivity contribution in [1.82, 2.24) is 10.3 Å². The zero-order valence-corrected chi connectivity index (χ0v) is 13.8. The van der Waals surface area contributed by atoms with E-state index in [0.717, 1.165) is 18.4 Å². The third-order valence-corrected chi connectivity index (χ3v) is 5.78. The molecule has 1 saturated carbocycles. The lowest BCUT2D eigenvalue weighted by atomic mass is 9.79. The topological polar surface area (TPSA) is 24.9 Å². The number of thiazole rings is 1. The summed E-state index contributed by atoms with van der Waals surface area (Å²) < 4.78 is 0. The first kappa shape index (κ1) is 15.0. The average Bonchev–Trinajstić information content (AvgIpc) is 2.79. The largest absolute Gasteiger partial charge is 0.309 e. The molecule has 1 heterocycles. The molecule has 1 fully saturated rings. The van der Waals surface area contributed by atoms with Crippen LogP contribution in [0.5, 0.6) is 0 Å². The molecule has 3 atom stereocenters. The van der Waals surface area contributed by atoms with Crippen LogP contribution in [-0.2, 0) is 12.0 Å². The molecule has 0 amide bonds. The molecule has 3 heteroatoms. The van der Waals surface area contributed by atoms with Crippen LogP contribution in [0.3, 0.4) is 0 Å². The third-order valence-electron chi connectivity index (χ3n) is 4.36. The summed E-state index contributed by atoms with van der Waals surface area (Å²) in [6.45, 7) is 12.5. The summed E-state index contributed by atoms with van der Waals surface area (Å²) in [5, 5.41) is 4.97. The van der Waals surface area contributed by atoms with Gasteiger partial charge in [0.25, 0.3) is 0 Å². The van der Waals surface area contributed by atoms with E-state index in [2.05, 4.69) is 44.9 Å². The molecule has 3 unspecified atom stereocenters. The van der Waals surface area contributed by atoms with E-state index in [1.165, 1.54) is 29.1 Å². The van der Waals surface area contributed by atoms with Crippen molar-refractivity contribution in [2.45, 2.75) is 71.9 Å². The molecule has 108 valence electrons. The Bertz CT molecular complexity index is 405. The second-order valence-corrected chi connectivity index (χ2v) is 8.34. The third kappa shape index (κ3) is 4.03. The van der Waals surface area contributed by atoms with Gasteiger partial charge in [-0.2, -0.15) is 0 Å². The van der Waals surface area contributed by atoms with Crippen LogP contribution in [0, 0.1) is 11.8 Å². The van der Waals surface area contributed by atoms with Crippen molar-refractivity contribution in [2.75, 3.05) is 0 Å². The van der Waals surface area contributed by atoms with Crippen LogP contribution in [0.25, 0.3) is 0 Å². The summed E-state index contributed by atoms with van der Waals surface area (Å²) in [5.74, 6) is 1.76. The van der Waals surface area contributed by atoms with Gasteiger partial charge in [-0.1, -0.05) is 34.6 Å². The Kier molecular flexibility index (Phi) is 4.67. The molecule has 2 nitrogen and oxygen atoms in total.